The molecule has 1 aliphatic heterocycles. The molecule has 0 bridgehead atoms. The lowest BCUT2D eigenvalue weighted by molar-refractivity contribution is 0.198. The van der Waals surface area contributed by atoms with Crippen molar-refractivity contribution in [2.45, 2.75) is 33.1 Å². The molecule has 1 aromatic heterocycles. The molecule has 20 heavy (non-hydrogen) atoms. The molecule has 4 nitrogen and oxygen atoms in total. The average Bonchev–Trinajstić information content (AvgIpc) is 2.52. The molecule has 2 heterocycles. The number of hydrogen-bond donors (Lipinski definition) is 2. The van der Waals surface area contributed by atoms with Crippen molar-refractivity contribution in [2.24, 2.45) is 5.92 Å². The SMILES string of the molecule is CCCNc1cc(NCC2CCN(CC)CC2)ccn1. The highest BCUT2D eigenvalue weighted by molar-refractivity contribution is 5.51. The summed E-state index contributed by atoms with van der Waals surface area (Å²) in [5, 5.41) is 6.89. The zero-order valence-corrected chi connectivity index (χ0v) is 12.9. The molecule has 0 atom stereocenters. The van der Waals surface area contributed by atoms with E-state index in [0.717, 1.165) is 31.2 Å². The summed E-state index contributed by atoms with van der Waals surface area (Å²) < 4.78 is 0. The second kappa shape index (κ2) is 8.10. The second-order valence-corrected chi connectivity index (χ2v) is 5.62. The van der Waals surface area contributed by atoms with E-state index in [4.69, 9.17) is 0 Å². The van der Waals surface area contributed by atoms with E-state index in [2.05, 4.69) is 46.5 Å². The van der Waals surface area contributed by atoms with Crippen LogP contribution in [0, 0.1) is 5.92 Å². The van der Waals surface area contributed by atoms with Crippen molar-refractivity contribution in [2.75, 3.05) is 43.4 Å². The number of rotatable bonds is 7. The van der Waals surface area contributed by atoms with Crippen molar-refractivity contribution >= 4 is 11.5 Å². The number of hydrogen-bond acceptors (Lipinski definition) is 4. The molecule has 0 saturated carbocycles. The first kappa shape index (κ1) is 15.1. The van der Waals surface area contributed by atoms with E-state index >= 15 is 0 Å². The molecule has 0 radical (unpaired) electrons. The maximum absolute atomic E-state index is 4.33. The van der Waals surface area contributed by atoms with Gasteiger partial charge in [0.1, 0.15) is 5.82 Å². The predicted molar refractivity (Wildman–Crippen MR) is 86.3 cm³/mol. The van der Waals surface area contributed by atoms with Gasteiger partial charge in [0.2, 0.25) is 0 Å². The van der Waals surface area contributed by atoms with E-state index in [-0.39, 0.29) is 0 Å². The Kier molecular flexibility index (Phi) is 6.12. The zero-order chi connectivity index (χ0) is 14.2. The van der Waals surface area contributed by atoms with Gasteiger partial charge in [0.15, 0.2) is 0 Å². The summed E-state index contributed by atoms with van der Waals surface area (Å²) in [4.78, 5) is 6.87. The van der Waals surface area contributed by atoms with Crippen molar-refractivity contribution in [3.8, 4) is 0 Å². The zero-order valence-electron chi connectivity index (χ0n) is 12.9. The molecule has 0 amide bonds. The maximum atomic E-state index is 4.33. The largest absolute Gasteiger partial charge is 0.385 e. The first-order valence-corrected chi connectivity index (χ1v) is 7.98. The van der Waals surface area contributed by atoms with Gasteiger partial charge in [0.25, 0.3) is 0 Å². The van der Waals surface area contributed by atoms with E-state index in [0.29, 0.717) is 0 Å². The van der Waals surface area contributed by atoms with E-state index in [1.54, 1.807) is 0 Å². The highest BCUT2D eigenvalue weighted by Gasteiger charge is 2.17. The number of pyridine rings is 1. The van der Waals surface area contributed by atoms with Crippen LogP contribution in [0.1, 0.15) is 33.1 Å². The quantitative estimate of drug-likeness (QED) is 0.803. The van der Waals surface area contributed by atoms with Crippen LogP contribution in [0.15, 0.2) is 18.3 Å². The molecular formula is C16H28N4. The van der Waals surface area contributed by atoms with Crippen LogP contribution in [0.2, 0.25) is 0 Å². The van der Waals surface area contributed by atoms with Gasteiger partial charge in [-0.05, 0) is 50.9 Å². The summed E-state index contributed by atoms with van der Waals surface area (Å²) in [6.45, 7) is 10.2. The van der Waals surface area contributed by atoms with Gasteiger partial charge >= 0.3 is 0 Å². The van der Waals surface area contributed by atoms with Crippen molar-refractivity contribution < 1.29 is 0 Å². The lowest BCUT2D eigenvalue weighted by atomic mass is 9.97. The Hall–Kier alpha value is -1.29. The van der Waals surface area contributed by atoms with E-state index in [1.807, 2.05) is 6.20 Å². The maximum Gasteiger partial charge on any atom is 0.127 e. The predicted octanol–water partition coefficient (Wildman–Crippen LogP) is 3.05. The summed E-state index contributed by atoms with van der Waals surface area (Å²) in [7, 11) is 0. The fourth-order valence-corrected chi connectivity index (χ4v) is 2.66. The third-order valence-corrected chi connectivity index (χ3v) is 4.07. The van der Waals surface area contributed by atoms with Gasteiger partial charge < -0.3 is 15.5 Å². The Balaban J connectivity index is 1.76. The number of anilines is 2. The molecule has 0 aromatic carbocycles. The van der Waals surface area contributed by atoms with Gasteiger partial charge in [-0.1, -0.05) is 13.8 Å². The van der Waals surface area contributed by atoms with Crippen LogP contribution in [-0.2, 0) is 0 Å². The molecule has 2 N–H and O–H groups in total. The van der Waals surface area contributed by atoms with Crippen molar-refractivity contribution in [1.82, 2.24) is 9.88 Å². The summed E-state index contributed by atoms with van der Waals surface area (Å²) in [6, 6.07) is 4.16. The molecule has 1 aromatic rings. The van der Waals surface area contributed by atoms with Crippen LogP contribution in [-0.4, -0.2) is 42.6 Å². The summed E-state index contributed by atoms with van der Waals surface area (Å²) in [6.07, 6.45) is 5.62. The third-order valence-electron chi connectivity index (χ3n) is 4.07. The molecule has 0 spiro atoms. The molecule has 1 fully saturated rings. The molecule has 1 saturated heterocycles. The average molecular weight is 276 g/mol. The monoisotopic (exact) mass is 276 g/mol. The Labute approximate surface area is 123 Å². The Morgan fingerprint density at radius 2 is 2.05 bits per heavy atom. The molecule has 112 valence electrons. The lowest BCUT2D eigenvalue weighted by Gasteiger charge is -2.31. The first-order valence-electron chi connectivity index (χ1n) is 7.98. The van der Waals surface area contributed by atoms with Gasteiger partial charge in [-0.3, -0.25) is 0 Å². The second-order valence-electron chi connectivity index (χ2n) is 5.62. The van der Waals surface area contributed by atoms with Crippen molar-refractivity contribution in [3.05, 3.63) is 18.3 Å². The fourth-order valence-electron chi connectivity index (χ4n) is 2.66. The minimum atomic E-state index is 0.804. The van der Waals surface area contributed by atoms with E-state index in [1.165, 1.54) is 38.2 Å². The molecule has 2 rings (SSSR count). The van der Waals surface area contributed by atoms with Crippen molar-refractivity contribution in [1.29, 1.82) is 0 Å². The number of likely N-dealkylation sites (tertiary alicyclic amines) is 1. The van der Waals surface area contributed by atoms with Gasteiger partial charge in [-0.2, -0.15) is 0 Å². The van der Waals surface area contributed by atoms with Crippen molar-refractivity contribution in [3.63, 3.8) is 0 Å². The molecule has 0 aliphatic carbocycles. The van der Waals surface area contributed by atoms with Gasteiger partial charge in [-0.15, -0.1) is 0 Å². The van der Waals surface area contributed by atoms with Gasteiger partial charge in [-0.25, -0.2) is 4.98 Å². The highest BCUT2D eigenvalue weighted by atomic mass is 15.1. The van der Waals surface area contributed by atoms with Crippen LogP contribution in [0.5, 0.6) is 0 Å². The number of nitrogens with zero attached hydrogens (tertiary/aromatic N) is 2. The molecule has 0 unspecified atom stereocenters. The topological polar surface area (TPSA) is 40.2 Å². The van der Waals surface area contributed by atoms with Gasteiger partial charge in [0, 0.05) is 31.0 Å². The Morgan fingerprint density at radius 3 is 2.75 bits per heavy atom. The van der Waals surface area contributed by atoms with Crippen LogP contribution < -0.4 is 10.6 Å². The lowest BCUT2D eigenvalue weighted by Crippen LogP contribution is -2.35. The van der Waals surface area contributed by atoms with E-state index in [9.17, 15) is 0 Å². The number of nitrogens with one attached hydrogen (secondary N) is 2. The minimum Gasteiger partial charge on any atom is -0.385 e. The van der Waals surface area contributed by atoms with Crippen LogP contribution in [0.25, 0.3) is 0 Å². The number of aromatic nitrogens is 1. The van der Waals surface area contributed by atoms with Crippen LogP contribution in [0.4, 0.5) is 11.5 Å². The fraction of sp³-hybridized carbons (Fsp3) is 0.688. The smallest absolute Gasteiger partial charge is 0.127 e. The summed E-state index contributed by atoms with van der Waals surface area (Å²) in [5.41, 5.74) is 1.18. The summed E-state index contributed by atoms with van der Waals surface area (Å²) in [5.74, 6) is 1.77. The minimum absolute atomic E-state index is 0.804. The van der Waals surface area contributed by atoms with Gasteiger partial charge in [0.05, 0.1) is 0 Å². The Morgan fingerprint density at radius 1 is 1.25 bits per heavy atom. The molecular weight excluding hydrogens is 248 g/mol. The van der Waals surface area contributed by atoms with Crippen LogP contribution >= 0.6 is 0 Å². The third kappa shape index (κ3) is 4.67. The standard InChI is InChI=1S/C16H28N4/c1-3-8-17-16-12-15(5-9-18-16)19-13-14-6-10-20(4-2)11-7-14/h5,9,12,14H,3-4,6-8,10-11,13H2,1-2H3,(H2,17,18,19). The summed E-state index contributed by atoms with van der Waals surface area (Å²) >= 11 is 0. The highest BCUT2D eigenvalue weighted by Crippen LogP contribution is 2.19. The molecule has 4 heteroatoms. The Bertz CT molecular complexity index is 386. The normalized spacial score (nSPS) is 17.1. The van der Waals surface area contributed by atoms with Crippen LogP contribution in [0.3, 0.4) is 0 Å². The first-order chi connectivity index (χ1) is 9.81. The number of piperidine rings is 1. The van der Waals surface area contributed by atoms with E-state index < -0.39 is 0 Å². The molecule has 1 aliphatic rings.